The number of nitrogens with one attached hydrogen (secondary N) is 2. The third kappa shape index (κ3) is 2.89. The van der Waals surface area contributed by atoms with Gasteiger partial charge in [-0.05, 0) is 26.0 Å². The molecule has 0 radical (unpaired) electrons. The Kier molecular flexibility index (Phi) is 4.03. The molecule has 0 spiro atoms. The lowest BCUT2D eigenvalue weighted by atomic mass is 10.1. The third-order valence-corrected chi connectivity index (χ3v) is 6.23. The van der Waals surface area contributed by atoms with Crippen LogP contribution in [0.4, 0.5) is 0 Å². The molecule has 7 heteroatoms. The van der Waals surface area contributed by atoms with Gasteiger partial charge in [0.25, 0.3) is 10.0 Å². The highest BCUT2D eigenvalue weighted by Gasteiger charge is 2.34. The highest BCUT2D eigenvalue weighted by molar-refractivity contribution is 8.00. The molecule has 1 fully saturated rings. The van der Waals surface area contributed by atoms with Gasteiger partial charge in [-0.25, -0.2) is 18.1 Å². The lowest BCUT2D eigenvalue weighted by Gasteiger charge is -2.26. The fourth-order valence-corrected chi connectivity index (χ4v) is 4.41. The molecule has 1 heterocycles. The molecule has 1 aromatic heterocycles. The molecule has 1 saturated carbocycles. The van der Waals surface area contributed by atoms with Crippen molar-refractivity contribution in [2.45, 2.75) is 42.4 Å². The van der Waals surface area contributed by atoms with Crippen molar-refractivity contribution in [3.8, 4) is 0 Å². The molecule has 0 unspecified atom stereocenters. The first-order chi connectivity index (χ1) is 8.47. The van der Waals surface area contributed by atoms with Crippen LogP contribution in [-0.2, 0) is 10.0 Å². The van der Waals surface area contributed by atoms with Gasteiger partial charge in [-0.2, -0.15) is 11.8 Å². The summed E-state index contributed by atoms with van der Waals surface area (Å²) in [4.78, 5) is 6.67. The van der Waals surface area contributed by atoms with Crippen molar-refractivity contribution in [1.82, 2.24) is 14.7 Å². The Hall–Kier alpha value is -0.530. The van der Waals surface area contributed by atoms with Gasteiger partial charge < -0.3 is 4.98 Å². The zero-order valence-electron chi connectivity index (χ0n) is 10.7. The van der Waals surface area contributed by atoms with Crippen LogP contribution in [0.2, 0.25) is 0 Å². The minimum absolute atomic E-state index is 0.0716. The topological polar surface area (TPSA) is 74.8 Å². The number of hydrogen-bond donors (Lipinski definition) is 2. The fourth-order valence-electron chi connectivity index (χ4n) is 2.31. The minimum Gasteiger partial charge on any atom is -0.332 e. The molecule has 2 N–H and O–H groups in total. The number of aromatic nitrogens is 2. The predicted molar refractivity (Wildman–Crippen MR) is 73.2 cm³/mol. The Bertz CT molecular complexity index is 504. The van der Waals surface area contributed by atoms with Crippen LogP contribution in [0.25, 0.3) is 0 Å². The Balaban J connectivity index is 2.05. The van der Waals surface area contributed by atoms with Gasteiger partial charge in [0.2, 0.25) is 0 Å². The van der Waals surface area contributed by atoms with E-state index in [2.05, 4.69) is 20.9 Å². The van der Waals surface area contributed by atoms with Gasteiger partial charge >= 0.3 is 0 Å². The van der Waals surface area contributed by atoms with E-state index in [-0.39, 0.29) is 9.77 Å². The average molecular weight is 289 g/mol. The van der Waals surface area contributed by atoms with Crippen LogP contribution in [0.5, 0.6) is 0 Å². The SMILES string of the molecule is CSC1(CNS(=O)(=O)c2cnc(C)[nH]2)CCCC1. The molecule has 5 nitrogen and oxygen atoms in total. The van der Waals surface area contributed by atoms with Gasteiger partial charge in [-0.3, -0.25) is 0 Å². The van der Waals surface area contributed by atoms with Crippen molar-refractivity contribution in [2.75, 3.05) is 12.8 Å². The summed E-state index contributed by atoms with van der Waals surface area (Å²) in [5.74, 6) is 0.607. The lowest BCUT2D eigenvalue weighted by molar-refractivity contribution is 0.549. The van der Waals surface area contributed by atoms with Crippen molar-refractivity contribution in [2.24, 2.45) is 0 Å². The van der Waals surface area contributed by atoms with E-state index < -0.39 is 10.0 Å². The van der Waals surface area contributed by atoms with Gasteiger partial charge in [-0.1, -0.05) is 12.8 Å². The second-order valence-corrected chi connectivity index (χ2v) is 7.76. The zero-order valence-corrected chi connectivity index (χ0v) is 12.3. The number of aryl methyl sites for hydroxylation is 1. The van der Waals surface area contributed by atoms with Crippen LogP contribution >= 0.6 is 11.8 Å². The van der Waals surface area contributed by atoms with Gasteiger partial charge in [0.05, 0.1) is 6.20 Å². The Morgan fingerprint density at radius 1 is 1.50 bits per heavy atom. The van der Waals surface area contributed by atoms with Crippen LogP contribution in [0.3, 0.4) is 0 Å². The van der Waals surface area contributed by atoms with Crippen molar-refractivity contribution in [3.05, 3.63) is 12.0 Å². The normalized spacial score (nSPS) is 19.2. The molecule has 2 rings (SSSR count). The predicted octanol–water partition coefficient (Wildman–Crippen LogP) is 1.67. The fraction of sp³-hybridized carbons (Fsp3) is 0.727. The number of imidazole rings is 1. The Labute approximate surface area is 112 Å². The lowest BCUT2D eigenvalue weighted by Crippen LogP contribution is -2.38. The van der Waals surface area contributed by atoms with Gasteiger partial charge in [-0.15, -0.1) is 0 Å². The van der Waals surface area contributed by atoms with E-state index in [4.69, 9.17) is 0 Å². The molecule has 18 heavy (non-hydrogen) atoms. The molecule has 0 amide bonds. The molecule has 0 aromatic carbocycles. The Morgan fingerprint density at radius 2 is 2.17 bits per heavy atom. The van der Waals surface area contributed by atoms with E-state index >= 15 is 0 Å². The minimum atomic E-state index is -3.46. The number of H-pyrrole nitrogens is 1. The quantitative estimate of drug-likeness (QED) is 0.864. The summed E-state index contributed by atoms with van der Waals surface area (Å²) in [5.41, 5.74) is 0. The van der Waals surface area contributed by atoms with Crippen LogP contribution in [0, 0.1) is 6.92 Å². The summed E-state index contributed by atoms with van der Waals surface area (Å²) in [6.07, 6.45) is 7.95. The van der Waals surface area contributed by atoms with Gasteiger partial charge in [0.15, 0.2) is 5.03 Å². The van der Waals surface area contributed by atoms with Crippen LogP contribution in [0.1, 0.15) is 31.5 Å². The smallest absolute Gasteiger partial charge is 0.257 e. The second-order valence-electron chi connectivity index (χ2n) is 4.75. The maximum Gasteiger partial charge on any atom is 0.257 e. The summed E-state index contributed by atoms with van der Waals surface area (Å²) < 4.78 is 26.9. The third-order valence-electron chi connectivity index (χ3n) is 3.50. The van der Waals surface area contributed by atoms with Gasteiger partial charge in [0.1, 0.15) is 5.82 Å². The summed E-state index contributed by atoms with van der Waals surface area (Å²) in [6, 6.07) is 0. The van der Waals surface area contributed by atoms with E-state index in [9.17, 15) is 8.42 Å². The van der Waals surface area contributed by atoms with Crippen molar-refractivity contribution < 1.29 is 8.42 Å². The van der Waals surface area contributed by atoms with E-state index in [0.29, 0.717) is 12.4 Å². The molecular weight excluding hydrogens is 270 g/mol. The first-order valence-corrected chi connectivity index (χ1v) is 8.75. The number of aromatic amines is 1. The molecule has 1 aliphatic rings. The summed E-state index contributed by atoms with van der Waals surface area (Å²) in [5, 5.41) is 0.147. The molecule has 1 aromatic rings. The second kappa shape index (κ2) is 5.22. The van der Waals surface area contributed by atoms with Gasteiger partial charge in [0, 0.05) is 11.3 Å². The van der Waals surface area contributed by atoms with Crippen LogP contribution in [0.15, 0.2) is 11.2 Å². The van der Waals surface area contributed by atoms with Crippen LogP contribution < -0.4 is 4.72 Å². The highest BCUT2D eigenvalue weighted by Crippen LogP contribution is 2.39. The maximum atomic E-state index is 12.1. The zero-order chi connectivity index (χ0) is 13.2. The first kappa shape index (κ1) is 13.9. The average Bonchev–Trinajstić information content (AvgIpc) is 2.96. The largest absolute Gasteiger partial charge is 0.332 e. The maximum absolute atomic E-state index is 12.1. The van der Waals surface area contributed by atoms with Crippen molar-refractivity contribution >= 4 is 21.8 Å². The summed E-state index contributed by atoms with van der Waals surface area (Å²) in [7, 11) is -3.46. The van der Waals surface area contributed by atoms with E-state index in [1.165, 1.54) is 19.0 Å². The number of rotatable bonds is 5. The monoisotopic (exact) mass is 289 g/mol. The Morgan fingerprint density at radius 3 is 2.67 bits per heavy atom. The highest BCUT2D eigenvalue weighted by atomic mass is 32.2. The molecule has 0 atom stereocenters. The van der Waals surface area contributed by atoms with Crippen molar-refractivity contribution in [3.63, 3.8) is 0 Å². The molecule has 1 aliphatic carbocycles. The molecule has 0 bridgehead atoms. The molecule has 0 saturated heterocycles. The summed E-state index contributed by atoms with van der Waals surface area (Å²) in [6.45, 7) is 2.23. The molecule has 102 valence electrons. The number of thioether (sulfide) groups is 1. The van der Waals surface area contributed by atoms with E-state index in [1.807, 2.05) is 0 Å². The molecule has 0 aliphatic heterocycles. The summed E-state index contributed by atoms with van der Waals surface area (Å²) >= 11 is 1.77. The van der Waals surface area contributed by atoms with Crippen LogP contribution in [-0.4, -0.2) is 35.9 Å². The standard InChI is InChI=1S/C11H19N3O2S2/c1-9-12-7-10(14-9)18(15,16)13-8-11(17-2)5-3-4-6-11/h7,13H,3-6,8H2,1-2H3,(H,12,14). The first-order valence-electron chi connectivity index (χ1n) is 6.04. The van der Waals surface area contributed by atoms with E-state index in [0.717, 1.165) is 12.8 Å². The number of sulfonamides is 1. The number of nitrogens with zero attached hydrogens (tertiary/aromatic N) is 1. The van der Waals surface area contributed by atoms with Crippen molar-refractivity contribution in [1.29, 1.82) is 0 Å². The molecular formula is C11H19N3O2S2. The van der Waals surface area contributed by atoms with E-state index in [1.54, 1.807) is 18.7 Å². The number of hydrogen-bond acceptors (Lipinski definition) is 4.